The summed E-state index contributed by atoms with van der Waals surface area (Å²) >= 11 is 2.35. The summed E-state index contributed by atoms with van der Waals surface area (Å²) in [6.07, 6.45) is 0. The minimum absolute atomic E-state index is 0.298. The predicted octanol–water partition coefficient (Wildman–Crippen LogP) is 1.85. The molecule has 0 N–H and O–H groups in total. The molecule has 0 rings (SSSR count). The highest BCUT2D eigenvalue weighted by molar-refractivity contribution is 14.1. The number of alkyl halides is 1. The molecule has 0 radical (unpaired) electrons. The third-order valence-electron chi connectivity index (χ3n) is 0.488. The van der Waals surface area contributed by atoms with E-state index in [1.54, 1.807) is 7.11 Å². The number of ether oxygens (including phenoxy) is 1. The van der Waals surface area contributed by atoms with Crippen LogP contribution in [0, 0.1) is 0 Å². The van der Waals surface area contributed by atoms with Gasteiger partial charge in [-0.15, -0.1) is 0 Å². The molecule has 0 unspecified atom stereocenters. The van der Waals surface area contributed by atoms with E-state index in [-0.39, 0.29) is 0 Å². The Hall–Kier alpha value is 0.690. The van der Waals surface area contributed by atoms with Crippen LogP contribution in [0.2, 0.25) is 0 Å². The van der Waals surface area contributed by atoms with E-state index < -0.39 is 0 Å². The monoisotopic (exact) mass is 214 g/mol. The lowest BCUT2D eigenvalue weighted by molar-refractivity contribution is 0.184. The second-order valence-corrected chi connectivity index (χ2v) is 5.07. The number of halogens is 1. The normalized spacial score (nSPS) is 12.0. The Morgan fingerprint density at radius 1 is 1.57 bits per heavy atom. The summed E-state index contributed by atoms with van der Waals surface area (Å²) in [6, 6.07) is 0. The van der Waals surface area contributed by atoms with Gasteiger partial charge in [0.1, 0.15) is 0 Å². The molecule has 0 heterocycles. The third kappa shape index (κ3) is 6.69. The van der Waals surface area contributed by atoms with Crippen LogP contribution in [0.1, 0.15) is 13.8 Å². The van der Waals surface area contributed by atoms with Gasteiger partial charge in [-0.1, -0.05) is 22.6 Å². The van der Waals surface area contributed by atoms with E-state index in [0.717, 1.165) is 6.61 Å². The molecule has 0 saturated heterocycles. The molecule has 0 aliphatic carbocycles. The number of hydrogen-bond donors (Lipinski definition) is 0. The Morgan fingerprint density at radius 3 is 2.00 bits per heavy atom. The van der Waals surface area contributed by atoms with Crippen molar-refractivity contribution >= 4 is 22.6 Å². The minimum Gasteiger partial charge on any atom is -0.383 e. The first-order chi connectivity index (χ1) is 3.06. The average molecular weight is 214 g/mol. The van der Waals surface area contributed by atoms with Crippen LogP contribution >= 0.6 is 22.6 Å². The van der Waals surface area contributed by atoms with Crippen LogP contribution < -0.4 is 0 Å². The van der Waals surface area contributed by atoms with Crippen LogP contribution in [0.3, 0.4) is 0 Å². The van der Waals surface area contributed by atoms with Crippen molar-refractivity contribution in [2.24, 2.45) is 0 Å². The Bertz CT molecular complexity index is 46.5. The van der Waals surface area contributed by atoms with E-state index in [9.17, 15) is 0 Å². The molecular weight excluding hydrogens is 203 g/mol. The van der Waals surface area contributed by atoms with Gasteiger partial charge in [0.2, 0.25) is 0 Å². The average Bonchev–Trinajstić information content (AvgIpc) is 1.30. The predicted molar refractivity (Wildman–Crippen MR) is 40.0 cm³/mol. The van der Waals surface area contributed by atoms with Crippen LogP contribution in [0.5, 0.6) is 0 Å². The van der Waals surface area contributed by atoms with Crippen molar-refractivity contribution in [2.75, 3.05) is 13.7 Å². The van der Waals surface area contributed by atoms with Crippen LogP contribution in [0.25, 0.3) is 0 Å². The maximum Gasteiger partial charge on any atom is 0.0603 e. The van der Waals surface area contributed by atoms with Crippen molar-refractivity contribution in [3.8, 4) is 0 Å². The number of rotatable bonds is 2. The van der Waals surface area contributed by atoms with Gasteiger partial charge in [0.25, 0.3) is 0 Å². The molecule has 1 nitrogen and oxygen atoms in total. The van der Waals surface area contributed by atoms with Gasteiger partial charge in [-0.25, -0.2) is 0 Å². The lowest BCUT2D eigenvalue weighted by atomic mass is 10.2. The van der Waals surface area contributed by atoms with Crippen LogP contribution in [-0.2, 0) is 4.74 Å². The van der Waals surface area contributed by atoms with E-state index in [0.29, 0.717) is 3.42 Å². The van der Waals surface area contributed by atoms with Gasteiger partial charge in [0.15, 0.2) is 0 Å². The molecule has 0 fully saturated rings. The van der Waals surface area contributed by atoms with Crippen molar-refractivity contribution in [1.82, 2.24) is 0 Å². The van der Waals surface area contributed by atoms with E-state index in [2.05, 4.69) is 36.4 Å². The number of methoxy groups -OCH3 is 1. The summed E-state index contributed by atoms with van der Waals surface area (Å²) in [5, 5.41) is 0. The molecule has 7 heavy (non-hydrogen) atoms. The Balaban J connectivity index is 3.15. The first kappa shape index (κ1) is 7.69. The molecule has 0 aromatic rings. The Morgan fingerprint density at radius 2 is 2.00 bits per heavy atom. The fourth-order valence-electron chi connectivity index (χ4n) is 0.343. The third-order valence-corrected chi connectivity index (χ3v) is 0.799. The van der Waals surface area contributed by atoms with E-state index >= 15 is 0 Å². The van der Waals surface area contributed by atoms with Crippen LogP contribution in [0.15, 0.2) is 0 Å². The van der Waals surface area contributed by atoms with Crippen LogP contribution in [0.4, 0.5) is 0 Å². The van der Waals surface area contributed by atoms with Gasteiger partial charge in [-0.2, -0.15) is 0 Å². The molecular formula is C5H11IO. The van der Waals surface area contributed by atoms with Crippen molar-refractivity contribution in [1.29, 1.82) is 0 Å². The standard InChI is InChI=1S/C5H11IO/c1-5(2,6)4-7-3/h4H2,1-3H3. The highest BCUT2D eigenvalue weighted by atomic mass is 127. The molecule has 0 spiro atoms. The molecule has 0 aromatic heterocycles. The molecule has 0 saturated carbocycles. The second kappa shape index (κ2) is 2.87. The molecule has 44 valence electrons. The van der Waals surface area contributed by atoms with Crippen molar-refractivity contribution in [3.05, 3.63) is 0 Å². The zero-order chi connectivity index (χ0) is 5.91. The fraction of sp³-hybridized carbons (Fsp3) is 1.00. The molecule has 0 atom stereocenters. The summed E-state index contributed by atoms with van der Waals surface area (Å²) in [5.41, 5.74) is 0. The van der Waals surface area contributed by atoms with Gasteiger partial charge in [0.05, 0.1) is 6.61 Å². The summed E-state index contributed by atoms with van der Waals surface area (Å²) in [6.45, 7) is 5.10. The summed E-state index contributed by atoms with van der Waals surface area (Å²) in [4.78, 5) is 0. The minimum atomic E-state index is 0.298. The first-order valence-corrected chi connectivity index (χ1v) is 3.32. The fourth-order valence-corrected chi connectivity index (χ4v) is 0.655. The van der Waals surface area contributed by atoms with E-state index in [1.807, 2.05) is 0 Å². The smallest absolute Gasteiger partial charge is 0.0603 e. The molecule has 0 aromatic carbocycles. The Kier molecular flexibility index (Phi) is 3.15. The summed E-state index contributed by atoms with van der Waals surface area (Å²) in [7, 11) is 1.72. The van der Waals surface area contributed by atoms with Crippen LogP contribution in [-0.4, -0.2) is 17.1 Å². The summed E-state index contributed by atoms with van der Waals surface area (Å²) < 4.78 is 5.20. The quantitative estimate of drug-likeness (QED) is 0.503. The topological polar surface area (TPSA) is 9.23 Å². The SMILES string of the molecule is COCC(C)(C)I. The lowest BCUT2D eigenvalue weighted by Gasteiger charge is -2.12. The van der Waals surface area contributed by atoms with Crippen molar-refractivity contribution < 1.29 is 4.74 Å². The zero-order valence-corrected chi connectivity index (χ0v) is 7.15. The molecule has 0 aliphatic heterocycles. The molecule has 0 aliphatic rings. The van der Waals surface area contributed by atoms with Crippen molar-refractivity contribution in [2.45, 2.75) is 17.3 Å². The zero-order valence-electron chi connectivity index (χ0n) is 4.99. The highest BCUT2D eigenvalue weighted by Crippen LogP contribution is 2.15. The molecule has 2 heteroatoms. The largest absolute Gasteiger partial charge is 0.383 e. The summed E-state index contributed by atoms with van der Waals surface area (Å²) in [5.74, 6) is 0. The van der Waals surface area contributed by atoms with E-state index in [4.69, 9.17) is 4.74 Å². The maximum absolute atomic E-state index is 4.90. The van der Waals surface area contributed by atoms with Gasteiger partial charge in [-0.3, -0.25) is 0 Å². The molecule has 0 bridgehead atoms. The van der Waals surface area contributed by atoms with E-state index in [1.165, 1.54) is 0 Å². The lowest BCUT2D eigenvalue weighted by Crippen LogP contribution is -2.16. The van der Waals surface area contributed by atoms with Gasteiger partial charge in [-0.05, 0) is 13.8 Å². The van der Waals surface area contributed by atoms with Gasteiger partial charge in [0, 0.05) is 10.5 Å². The first-order valence-electron chi connectivity index (χ1n) is 2.24. The maximum atomic E-state index is 4.90. The van der Waals surface area contributed by atoms with Gasteiger partial charge >= 0.3 is 0 Å². The highest BCUT2D eigenvalue weighted by Gasteiger charge is 2.09. The van der Waals surface area contributed by atoms with Gasteiger partial charge < -0.3 is 4.74 Å². The second-order valence-electron chi connectivity index (χ2n) is 2.15. The Labute approximate surface area is 58.6 Å². The number of hydrogen-bond acceptors (Lipinski definition) is 1. The van der Waals surface area contributed by atoms with Crippen molar-refractivity contribution in [3.63, 3.8) is 0 Å². The molecule has 0 amide bonds.